The Hall–Kier alpha value is -3.14. The van der Waals surface area contributed by atoms with Gasteiger partial charge in [-0.3, -0.25) is 0 Å². The van der Waals surface area contributed by atoms with Crippen molar-refractivity contribution in [2.24, 2.45) is 0 Å². The molecular weight excluding hydrogens is 410 g/mol. The average molecular weight is 434 g/mol. The fourth-order valence-electron chi connectivity index (χ4n) is 3.51. The first-order chi connectivity index (χ1) is 15.2. The van der Waals surface area contributed by atoms with Crippen LogP contribution in [0.25, 0.3) is 0 Å². The predicted molar refractivity (Wildman–Crippen MR) is 123 cm³/mol. The van der Waals surface area contributed by atoms with Crippen LogP contribution < -0.4 is 10.6 Å². The van der Waals surface area contributed by atoms with Crippen LogP contribution in [-0.4, -0.2) is 41.3 Å². The van der Waals surface area contributed by atoms with Gasteiger partial charge < -0.3 is 15.4 Å². The lowest BCUT2D eigenvalue weighted by molar-refractivity contribution is 0.122. The molecule has 0 saturated carbocycles. The first-order valence-electron chi connectivity index (χ1n) is 10.3. The molecule has 1 fully saturated rings. The molecule has 0 aliphatic carbocycles. The number of morpholine rings is 1. The van der Waals surface area contributed by atoms with Gasteiger partial charge in [-0.2, -0.15) is 0 Å². The highest BCUT2D eigenvalue weighted by Crippen LogP contribution is 2.20. The number of nitrogens with zero attached hydrogens (tertiary/aromatic N) is 4. The van der Waals surface area contributed by atoms with E-state index < -0.39 is 0 Å². The largest absolute Gasteiger partial charge is 0.383 e. The Bertz CT molecular complexity index is 1090. The second kappa shape index (κ2) is 10.3. The van der Waals surface area contributed by atoms with Gasteiger partial charge in [0.15, 0.2) is 0 Å². The van der Waals surface area contributed by atoms with Crippen molar-refractivity contribution in [1.82, 2.24) is 15.0 Å². The van der Waals surface area contributed by atoms with Crippen molar-refractivity contribution in [1.29, 1.82) is 0 Å². The molecule has 1 saturated heterocycles. The van der Waals surface area contributed by atoms with Gasteiger partial charge in [0.25, 0.3) is 0 Å². The van der Waals surface area contributed by atoms with E-state index in [1.807, 2.05) is 36.4 Å². The zero-order chi connectivity index (χ0) is 21.5. The number of nitrogens with two attached hydrogens (primary N) is 1. The summed E-state index contributed by atoms with van der Waals surface area (Å²) in [5.74, 6) is 7.72. The Morgan fingerprint density at radius 3 is 2.61 bits per heavy atom. The first kappa shape index (κ1) is 21.1. The number of aromatic nitrogens is 3. The van der Waals surface area contributed by atoms with Crippen molar-refractivity contribution >= 4 is 23.2 Å². The summed E-state index contributed by atoms with van der Waals surface area (Å²) in [5, 5.41) is 0.785. The van der Waals surface area contributed by atoms with Crippen molar-refractivity contribution < 1.29 is 4.74 Å². The molecule has 31 heavy (non-hydrogen) atoms. The summed E-state index contributed by atoms with van der Waals surface area (Å²) in [6.45, 7) is 3.18. The van der Waals surface area contributed by atoms with Gasteiger partial charge in [0.2, 0.25) is 0 Å². The lowest BCUT2D eigenvalue weighted by Crippen LogP contribution is -2.36. The van der Waals surface area contributed by atoms with E-state index >= 15 is 0 Å². The molecule has 7 heteroatoms. The van der Waals surface area contributed by atoms with E-state index in [-0.39, 0.29) is 0 Å². The molecule has 158 valence electrons. The van der Waals surface area contributed by atoms with Gasteiger partial charge >= 0.3 is 0 Å². The van der Waals surface area contributed by atoms with Gasteiger partial charge in [0, 0.05) is 35.4 Å². The molecule has 0 atom stereocenters. The van der Waals surface area contributed by atoms with Crippen LogP contribution in [0.4, 0.5) is 11.6 Å². The third-order valence-corrected chi connectivity index (χ3v) is 5.59. The fraction of sp³-hybridized carbons (Fsp3) is 0.292. The highest BCUT2D eigenvalue weighted by atomic mass is 35.5. The van der Waals surface area contributed by atoms with Crippen molar-refractivity contribution in [2.75, 3.05) is 36.9 Å². The summed E-state index contributed by atoms with van der Waals surface area (Å²) in [6.07, 6.45) is 5.71. The Morgan fingerprint density at radius 2 is 1.84 bits per heavy atom. The Kier molecular flexibility index (Phi) is 6.98. The zero-order valence-electron chi connectivity index (χ0n) is 17.2. The van der Waals surface area contributed by atoms with E-state index in [4.69, 9.17) is 22.1 Å². The number of benzene rings is 1. The second-order valence-corrected chi connectivity index (χ2v) is 7.69. The predicted octanol–water partition coefficient (Wildman–Crippen LogP) is 3.52. The summed E-state index contributed by atoms with van der Waals surface area (Å²) in [4.78, 5) is 15.3. The highest BCUT2D eigenvalue weighted by molar-refractivity contribution is 6.31. The van der Waals surface area contributed by atoms with Gasteiger partial charge in [-0.1, -0.05) is 35.7 Å². The third-order valence-electron chi connectivity index (χ3n) is 5.22. The molecule has 0 radical (unpaired) electrons. The molecule has 1 aliphatic heterocycles. The van der Waals surface area contributed by atoms with Gasteiger partial charge in [-0.25, -0.2) is 15.0 Å². The van der Waals surface area contributed by atoms with Gasteiger partial charge in [0.1, 0.15) is 23.7 Å². The summed E-state index contributed by atoms with van der Waals surface area (Å²) in [6, 6.07) is 11.9. The van der Waals surface area contributed by atoms with Crippen molar-refractivity contribution in [3.63, 3.8) is 0 Å². The second-order valence-electron chi connectivity index (χ2n) is 7.29. The lowest BCUT2D eigenvalue weighted by atomic mass is 10.0. The molecule has 1 aromatic carbocycles. The molecule has 1 aliphatic rings. The topological polar surface area (TPSA) is 77.2 Å². The quantitative estimate of drug-likeness (QED) is 0.620. The Balaban J connectivity index is 1.45. The molecule has 0 bridgehead atoms. The number of rotatable bonds is 5. The summed E-state index contributed by atoms with van der Waals surface area (Å²) in [5.41, 5.74) is 9.61. The minimum atomic E-state index is 0.472. The molecule has 3 aromatic rings. The van der Waals surface area contributed by atoms with Crippen molar-refractivity contribution in [2.45, 2.75) is 19.3 Å². The van der Waals surface area contributed by atoms with Crippen LogP contribution in [-0.2, 0) is 17.6 Å². The van der Waals surface area contributed by atoms with Crippen LogP contribution in [0.5, 0.6) is 0 Å². The molecule has 0 unspecified atom stereocenters. The van der Waals surface area contributed by atoms with Gasteiger partial charge in [-0.15, -0.1) is 0 Å². The van der Waals surface area contributed by atoms with E-state index in [1.165, 1.54) is 6.33 Å². The lowest BCUT2D eigenvalue weighted by Gasteiger charge is -2.27. The molecule has 3 heterocycles. The maximum Gasteiger partial charge on any atom is 0.131 e. The van der Waals surface area contributed by atoms with Crippen LogP contribution in [0.15, 0.2) is 48.9 Å². The molecular formula is C24H24ClN5O. The first-order valence-corrected chi connectivity index (χ1v) is 10.7. The minimum absolute atomic E-state index is 0.472. The van der Waals surface area contributed by atoms with E-state index in [1.54, 1.807) is 6.20 Å². The summed E-state index contributed by atoms with van der Waals surface area (Å²) < 4.78 is 5.39. The molecule has 2 N–H and O–H groups in total. The number of ether oxygens (including phenoxy) is 1. The van der Waals surface area contributed by atoms with Crippen LogP contribution >= 0.6 is 11.6 Å². The minimum Gasteiger partial charge on any atom is -0.383 e. The number of hydrogen-bond donors (Lipinski definition) is 1. The summed E-state index contributed by atoms with van der Waals surface area (Å²) in [7, 11) is 0. The average Bonchev–Trinajstić information content (AvgIpc) is 2.81. The Morgan fingerprint density at radius 1 is 1.00 bits per heavy atom. The molecule has 2 aromatic heterocycles. The zero-order valence-corrected chi connectivity index (χ0v) is 18.0. The molecule has 4 rings (SSSR count). The van der Waals surface area contributed by atoms with Crippen LogP contribution in [0.2, 0.25) is 5.02 Å². The monoisotopic (exact) mass is 433 g/mol. The van der Waals surface area contributed by atoms with Crippen LogP contribution in [0, 0.1) is 11.8 Å². The van der Waals surface area contributed by atoms with Gasteiger partial charge in [0.05, 0.1) is 13.2 Å². The van der Waals surface area contributed by atoms with E-state index in [9.17, 15) is 0 Å². The van der Waals surface area contributed by atoms with Gasteiger partial charge in [-0.05, 0) is 48.9 Å². The standard InChI is InChI=1S/C24H24ClN5O/c25-21-7-2-1-4-19(21)5-3-6-20-22(28-17-29-24(20)26)10-8-18-9-11-23(27-16-18)30-12-14-31-15-13-30/h1-2,4,7,9,11,16-17H,3,5-6,12-15H2,(H2,26,28,29). The molecule has 6 nitrogen and oxygen atoms in total. The number of halogens is 1. The van der Waals surface area contributed by atoms with Crippen LogP contribution in [0.1, 0.15) is 28.8 Å². The molecule has 0 amide bonds. The number of pyridine rings is 1. The number of nitrogen functional groups attached to an aromatic ring is 1. The number of hydrogen-bond acceptors (Lipinski definition) is 6. The fourth-order valence-corrected chi connectivity index (χ4v) is 3.74. The number of aryl methyl sites for hydroxylation is 1. The third kappa shape index (κ3) is 5.52. The van der Waals surface area contributed by atoms with E-state index in [2.05, 4.69) is 31.7 Å². The van der Waals surface area contributed by atoms with Crippen molar-refractivity contribution in [3.05, 3.63) is 76.3 Å². The smallest absolute Gasteiger partial charge is 0.131 e. The highest BCUT2D eigenvalue weighted by Gasteiger charge is 2.12. The Labute approximate surface area is 187 Å². The molecule has 0 spiro atoms. The SMILES string of the molecule is Nc1ncnc(C#Cc2ccc(N3CCOCC3)nc2)c1CCCc1ccccc1Cl. The van der Waals surface area contributed by atoms with E-state index in [0.717, 1.165) is 73.1 Å². The van der Waals surface area contributed by atoms with Crippen LogP contribution in [0.3, 0.4) is 0 Å². The maximum absolute atomic E-state index is 6.26. The number of anilines is 2. The normalized spacial score (nSPS) is 13.5. The maximum atomic E-state index is 6.26. The summed E-state index contributed by atoms with van der Waals surface area (Å²) >= 11 is 6.26. The van der Waals surface area contributed by atoms with Crippen molar-refractivity contribution in [3.8, 4) is 11.8 Å². The van der Waals surface area contributed by atoms with E-state index in [0.29, 0.717) is 11.5 Å².